The monoisotopic (exact) mass is 338 g/mol. The molecule has 0 aliphatic carbocycles. The number of benzene rings is 1. The number of nitrogens with zero attached hydrogens (tertiary/aromatic N) is 2. The van der Waals surface area contributed by atoms with Crippen LogP contribution in [0.25, 0.3) is 0 Å². The summed E-state index contributed by atoms with van der Waals surface area (Å²) in [7, 11) is -2.24. The highest BCUT2D eigenvalue weighted by Crippen LogP contribution is 2.22. The third-order valence-electron chi connectivity index (χ3n) is 3.41. The lowest BCUT2D eigenvalue weighted by Crippen LogP contribution is -2.34. The van der Waals surface area contributed by atoms with Gasteiger partial charge in [-0.15, -0.1) is 0 Å². The zero-order chi connectivity index (χ0) is 16.9. The molecule has 2 aromatic rings. The van der Waals surface area contributed by atoms with Gasteiger partial charge in [0.2, 0.25) is 10.0 Å². The first kappa shape index (κ1) is 17.5. The molecule has 0 fully saturated rings. The zero-order valence-electron chi connectivity index (χ0n) is 13.1. The van der Waals surface area contributed by atoms with E-state index in [1.165, 1.54) is 23.5 Å². The lowest BCUT2D eigenvalue weighted by atomic mass is 10.2. The summed E-state index contributed by atoms with van der Waals surface area (Å²) < 4.78 is 45.4. The average molecular weight is 338 g/mol. The van der Waals surface area contributed by atoms with Gasteiger partial charge < -0.3 is 4.74 Å². The molecule has 0 radical (unpaired) electrons. The van der Waals surface area contributed by atoms with E-state index in [1.54, 1.807) is 31.5 Å². The van der Waals surface area contributed by atoms with Crippen LogP contribution in [0.15, 0.2) is 47.6 Å². The molecule has 0 unspecified atom stereocenters. The van der Waals surface area contributed by atoms with Crippen molar-refractivity contribution in [2.45, 2.75) is 18.4 Å². The Labute approximate surface area is 135 Å². The van der Waals surface area contributed by atoms with E-state index in [0.717, 1.165) is 11.6 Å². The number of sulfonamides is 1. The fourth-order valence-corrected chi connectivity index (χ4v) is 3.83. The van der Waals surface area contributed by atoms with Crippen LogP contribution < -0.4 is 0 Å². The van der Waals surface area contributed by atoms with E-state index in [9.17, 15) is 12.8 Å². The van der Waals surface area contributed by atoms with Crippen LogP contribution >= 0.6 is 0 Å². The highest BCUT2D eigenvalue weighted by molar-refractivity contribution is 7.89. The van der Waals surface area contributed by atoms with Gasteiger partial charge in [-0.05, 0) is 48.4 Å². The molecule has 0 aliphatic heterocycles. The maximum Gasteiger partial charge on any atom is 0.243 e. The second-order valence-electron chi connectivity index (χ2n) is 5.10. The van der Waals surface area contributed by atoms with Crippen LogP contribution in [0, 0.1) is 12.7 Å². The quantitative estimate of drug-likeness (QED) is 0.778. The lowest BCUT2D eigenvalue weighted by molar-refractivity contribution is 0.177. The number of rotatable bonds is 7. The number of hydrogen-bond donors (Lipinski definition) is 0. The third kappa shape index (κ3) is 4.34. The Morgan fingerprint density at radius 1 is 1.22 bits per heavy atom. The molecule has 0 N–H and O–H groups in total. The van der Waals surface area contributed by atoms with Crippen LogP contribution in [0.5, 0.6) is 0 Å². The molecule has 124 valence electrons. The second kappa shape index (κ2) is 7.63. The molecule has 5 nitrogen and oxygen atoms in total. The first-order valence-corrected chi connectivity index (χ1v) is 8.53. The largest absolute Gasteiger partial charge is 0.383 e. The van der Waals surface area contributed by atoms with Crippen LogP contribution in [0.2, 0.25) is 0 Å². The lowest BCUT2D eigenvalue weighted by Gasteiger charge is -2.23. The molecule has 0 amide bonds. The van der Waals surface area contributed by atoms with Crippen molar-refractivity contribution in [2.75, 3.05) is 20.3 Å². The Morgan fingerprint density at radius 3 is 2.52 bits per heavy atom. The Hall–Kier alpha value is -1.83. The van der Waals surface area contributed by atoms with Gasteiger partial charge in [0.15, 0.2) is 0 Å². The van der Waals surface area contributed by atoms with Gasteiger partial charge in [-0.1, -0.05) is 0 Å². The third-order valence-corrected chi connectivity index (χ3v) is 5.41. The molecule has 0 bridgehead atoms. The first-order valence-electron chi connectivity index (χ1n) is 7.09. The molecular weight excluding hydrogens is 319 g/mol. The number of halogens is 1. The SMILES string of the molecule is COCCN(Cc1ccncc1)S(=O)(=O)c1ccc(F)cc1C. The van der Waals surface area contributed by atoms with E-state index in [-0.39, 0.29) is 24.6 Å². The van der Waals surface area contributed by atoms with Crippen molar-refractivity contribution in [3.63, 3.8) is 0 Å². The van der Waals surface area contributed by atoms with Crippen molar-refractivity contribution in [3.05, 3.63) is 59.7 Å². The summed E-state index contributed by atoms with van der Waals surface area (Å²) in [5, 5.41) is 0. The Bertz CT molecular complexity index is 751. The second-order valence-corrected chi connectivity index (χ2v) is 7.00. The molecule has 2 rings (SSSR count). The maximum atomic E-state index is 13.3. The van der Waals surface area contributed by atoms with Gasteiger partial charge in [-0.25, -0.2) is 12.8 Å². The molecule has 23 heavy (non-hydrogen) atoms. The van der Waals surface area contributed by atoms with E-state index < -0.39 is 15.8 Å². The number of aromatic nitrogens is 1. The van der Waals surface area contributed by atoms with Gasteiger partial charge >= 0.3 is 0 Å². The Kier molecular flexibility index (Phi) is 5.81. The van der Waals surface area contributed by atoms with E-state index in [4.69, 9.17) is 4.74 Å². The molecule has 0 saturated heterocycles. The van der Waals surface area contributed by atoms with Gasteiger partial charge in [0.05, 0.1) is 11.5 Å². The summed E-state index contributed by atoms with van der Waals surface area (Å²) in [4.78, 5) is 4.03. The van der Waals surface area contributed by atoms with Gasteiger partial charge in [0.25, 0.3) is 0 Å². The van der Waals surface area contributed by atoms with Crippen LogP contribution in [-0.4, -0.2) is 38.0 Å². The number of ether oxygens (including phenoxy) is 1. The predicted octanol–water partition coefficient (Wildman–Crippen LogP) is 2.37. The maximum absolute atomic E-state index is 13.3. The molecule has 1 aromatic heterocycles. The molecule has 0 spiro atoms. The van der Waals surface area contributed by atoms with E-state index in [2.05, 4.69) is 4.98 Å². The van der Waals surface area contributed by atoms with Gasteiger partial charge in [-0.3, -0.25) is 4.98 Å². The zero-order valence-corrected chi connectivity index (χ0v) is 13.9. The number of pyridine rings is 1. The minimum atomic E-state index is -3.75. The smallest absolute Gasteiger partial charge is 0.243 e. The first-order chi connectivity index (χ1) is 10.9. The Balaban J connectivity index is 2.36. The minimum Gasteiger partial charge on any atom is -0.383 e. The average Bonchev–Trinajstić information content (AvgIpc) is 2.52. The van der Waals surface area contributed by atoms with Gasteiger partial charge in [-0.2, -0.15) is 4.31 Å². The molecule has 0 saturated carbocycles. The van der Waals surface area contributed by atoms with Crippen LogP contribution in [-0.2, 0) is 21.3 Å². The predicted molar refractivity (Wildman–Crippen MR) is 84.8 cm³/mol. The number of aryl methyl sites for hydroxylation is 1. The Morgan fingerprint density at radius 2 is 1.91 bits per heavy atom. The highest BCUT2D eigenvalue weighted by atomic mass is 32.2. The molecule has 0 atom stereocenters. The summed E-state index contributed by atoms with van der Waals surface area (Å²) >= 11 is 0. The topological polar surface area (TPSA) is 59.5 Å². The van der Waals surface area contributed by atoms with Crippen molar-refractivity contribution in [1.82, 2.24) is 9.29 Å². The van der Waals surface area contributed by atoms with Crippen molar-refractivity contribution in [1.29, 1.82) is 0 Å². The molecule has 7 heteroatoms. The van der Waals surface area contributed by atoms with Crippen LogP contribution in [0.3, 0.4) is 0 Å². The fraction of sp³-hybridized carbons (Fsp3) is 0.312. The van der Waals surface area contributed by atoms with E-state index in [0.29, 0.717) is 5.56 Å². The van der Waals surface area contributed by atoms with Crippen molar-refractivity contribution < 1.29 is 17.5 Å². The van der Waals surface area contributed by atoms with Gasteiger partial charge in [0.1, 0.15) is 5.82 Å². The summed E-state index contributed by atoms with van der Waals surface area (Å²) in [6.45, 7) is 2.25. The fourth-order valence-electron chi connectivity index (χ4n) is 2.21. The number of hydrogen-bond acceptors (Lipinski definition) is 4. The van der Waals surface area contributed by atoms with E-state index >= 15 is 0 Å². The van der Waals surface area contributed by atoms with Crippen molar-refractivity contribution in [3.8, 4) is 0 Å². The molecule has 1 aromatic carbocycles. The van der Waals surface area contributed by atoms with Crippen molar-refractivity contribution >= 4 is 10.0 Å². The summed E-state index contributed by atoms with van der Waals surface area (Å²) in [6, 6.07) is 7.18. The standard InChI is InChI=1S/C16H19FN2O3S/c1-13-11-15(17)3-4-16(13)23(20,21)19(9-10-22-2)12-14-5-7-18-8-6-14/h3-8,11H,9-10,12H2,1-2H3. The summed E-state index contributed by atoms with van der Waals surface area (Å²) in [5.74, 6) is -0.459. The highest BCUT2D eigenvalue weighted by Gasteiger charge is 2.26. The van der Waals surface area contributed by atoms with Crippen LogP contribution in [0.1, 0.15) is 11.1 Å². The molecule has 1 heterocycles. The summed E-state index contributed by atoms with van der Waals surface area (Å²) in [6.07, 6.45) is 3.22. The molecule has 0 aliphatic rings. The minimum absolute atomic E-state index is 0.101. The normalized spacial score (nSPS) is 11.8. The number of methoxy groups -OCH3 is 1. The van der Waals surface area contributed by atoms with E-state index in [1.807, 2.05) is 0 Å². The van der Waals surface area contributed by atoms with Gasteiger partial charge in [0, 0.05) is 32.6 Å². The molecular formula is C16H19FN2O3S. The summed E-state index contributed by atoms with van der Waals surface area (Å²) in [5.41, 5.74) is 1.20. The van der Waals surface area contributed by atoms with Crippen molar-refractivity contribution in [2.24, 2.45) is 0 Å². The van der Waals surface area contributed by atoms with Crippen LogP contribution in [0.4, 0.5) is 4.39 Å².